The van der Waals surface area contributed by atoms with Crippen molar-refractivity contribution in [1.29, 1.82) is 0 Å². The van der Waals surface area contributed by atoms with Crippen LogP contribution in [-0.4, -0.2) is 12.2 Å². The summed E-state index contributed by atoms with van der Waals surface area (Å²) in [5.74, 6) is 1.56. The van der Waals surface area contributed by atoms with Gasteiger partial charge in [-0.3, -0.25) is 6.29 Å². The molecule has 10 heavy (non-hydrogen) atoms. The summed E-state index contributed by atoms with van der Waals surface area (Å²) < 4.78 is 0. The summed E-state index contributed by atoms with van der Waals surface area (Å²) in [7, 11) is 0. The zero-order chi connectivity index (χ0) is 6.83. The second kappa shape index (κ2) is 31.7. The Hall–Kier alpha value is 1.33. The van der Waals surface area contributed by atoms with Gasteiger partial charge in [-0.25, -0.2) is 4.79 Å². The Morgan fingerprint density at radius 2 is 1.70 bits per heavy atom. The van der Waals surface area contributed by atoms with E-state index in [0.717, 1.165) is 0 Å². The van der Waals surface area contributed by atoms with Gasteiger partial charge in [0.15, 0.2) is 0 Å². The molecule has 0 heterocycles. The van der Waals surface area contributed by atoms with Crippen molar-refractivity contribution < 1.29 is 75.0 Å². The summed E-state index contributed by atoms with van der Waals surface area (Å²) in [4.78, 5) is 18.0. The van der Waals surface area contributed by atoms with Crippen LogP contribution in [0.5, 0.6) is 0 Å². The smallest absolute Gasteiger partial charge is 0.119 e. The van der Waals surface area contributed by atoms with Gasteiger partial charge in [-0.2, -0.15) is 6.42 Å². The third-order valence-electron chi connectivity index (χ3n) is 0.262. The molecule has 0 bridgehead atoms. The first-order valence-electron chi connectivity index (χ1n) is 2.33. The minimum atomic E-state index is 0. The predicted octanol–water partition coefficient (Wildman–Crippen LogP) is 0.895. The summed E-state index contributed by atoms with van der Waals surface area (Å²) >= 11 is 0. The second-order valence-corrected chi connectivity index (χ2v) is 0.904. The van der Waals surface area contributed by atoms with Crippen molar-refractivity contribution in [1.82, 2.24) is 0 Å². The fourth-order valence-corrected chi connectivity index (χ4v) is 0. The van der Waals surface area contributed by atoms with E-state index in [2.05, 4.69) is 0 Å². The van der Waals surface area contributed by atoms with Crippen molar-refractivity contribution in [3.63, 3.8) is 0 Å². The molecule has 0 aliphatic rings. The first-order valence-corrected chi connectivity index (χ1v) is 2.33. The fraction of sp³-hybridized carbons (Fsp3) is 0.500. The average Bonchev–Trinajstić information content (AvgIpc) is 1.88. The number of rotatable bonds is 1. The molecule has 0 aromatic rings. The summed E-state index contributed by atoms with van der Waals surface area (Å²) in [6.07, 6.45) is 3.51. The zero-order valence-electron chi connectivity index (χ0n) is 6.26. The van der Waals surface area contributed by atoms with E-state index in [1.54, 1.807) is 26.1 Å². The van der Waals surface area contributed by atoms with Gasteiger partial charge in [-0.15, -0.1) is 0 Å². The zero-order valence-corrected chi connectivity index (χ0v) is 11.9. The van der Waals surface area contributed by atoms with Crippen molar-refractivity contribution in [3.8, 4) is 0 Å². The molecule has 2 nitrogen and oxygen atoms in total. The van der Waals surface area contributed by atoms with Crippen molar-refractivity contribution >= 4 is 12.2 Å². The largest absolute Gasteiger partial charge is 0.542 e. The monoisotopic (exact) mass is 291 g/mol. The third kappa shape index (κ3) is 58.4. The van der Waals surface area contributed by atoms with Gasteiger partial charge in [-0.05, 0) is 13.0 Å². The summed E-state index contributed by atoms with van der Waals surface area (Å²) in [6, 6.07) is 0. The topological polar surface area (TPSA) is 34.1 Å². The molecule has 2 radical (unpaired) electrons. The quantitative estimate of drug-likeness (QED) is 0.531. The Balaban J connectivity index is -0.0000000300. The van der Waals surface area contributed by atoms with E-state index in [9.17, 15) is 0 Å². The van der Waals surface area contributed by atoms with Crippen molar-refractivity contribution in [2.45, 2.75) is 20.3 Å². The summed E-state index contributed by atoms with van der Waals surface area (Å²) in [6.45, 7) is 3.39. The normalized spacial score (nSPS) is 4.20. The molecule has 0 unspecified atom stereocenters. The van der Waals surface area contributed by atoms with E-state index in [4.69, 9.17) is 9.59 Å². The molecule has 0 fully saturated rings. The van der Waals surface area contributed by atoms with Gasteiger partial charge in [-0.1, -0.05) is 6.92 Å². The molecule has 0 saturated carbocycles. The van der Waals surface area contributed by atoms with Gasteiger partial charge in [0.05, 0.1) is 0 Å². The van der Waals surface area contributed by atoms with E-state index < -0.39 is 0 Å². The minimum Gasteiger partial charge on any atom is -0.542 e. The van der Waals surface area contributed by atoms with E-state index in [0.29, 0.717) is 6.42 Å². The van der Waals surface area contributed by atoms with Gasteiger partial charge in [0.25, 0.3) is 0 Å². The molecule has 0 aromatic carbocycles. The molecule has 0 N–H and O–H groups in total. The summed E-state index contributed by atoms with van der Waals surface area (Å²) in [5.41, 5.74) is 0. The first-order chi connectivity index (χ1) is 3.83. The van der Waals surface area contributed by atoms with Crippen LogP contribution in [0.15, 0.2) is 6.08 Å². The molecular formula is C6H9O2Y2-. The van der Waals surface area contributed by atoms with Crippen molar-refractivity contribution in [3.05, 3.63) is 6.08 Å². The minimum absolute atomic E-state index is 0. The number of hydrogen-bond donors (Lipinski definition) is 0. The molecular weight excluding hydrogens is 282 g/mol. The molecule has 0 amide bonds. The van der Waals surface area contributed by atoms with E-state index in [1.165, 1.54) is 6.08 Å². The van der Waals surface area contributed by atoms with Gasteiger partial charge in [0.2, 0.25) is 0 Å². The molecule has 0 rings (SSSR count). The van der Waals surface area contributed by atoms with Crippen LogP contribution in [0.4, 0.5) is 0 Å². The van der Waals surface area contributed by atoms with Crippen LogP contribution in [0.3, 0.4) is 0 Å². The first kappa shape index (κ1) is 22.5. The average molecular weight is 291 g/mol. The molecule has 4 heteroatoms. The van der Waals surface area contributed by atoms with E-state index in [-0.39, 0.29) is 65.4 Å². The number of hydrogen-bond acceptors (Lipinski definition) is 2. The van der Waals surface area contributed by atoms with Gasteiger partial charge < -0.3 is 4.79 Å². The maximum atomic E-state index is 9.05. The van der Waals surface area contributed by atoms with Crippen LogP contribution in [0, 0.1) is 0 Å². The Morgan fingerprint density at radius 1 is 1.50 bits per heavy atom. The van der Waals surface area contributed by atoms with Crippen LogP contribution >= 0.6 is 0 Å². The summed E-state index contributed by atoms with van der Waals surface area (Å²) in [5, 5.41) is 0. The Kier molecular flexibility index (Phi) is 71.2. The maximum absolute atomic E-state index is 9.05. The van der Waals surface area contributed by atoms with Crippen LogP contribution in [-0.2, 0) is 75.0 Å². The molecule has 52 valence electrons. The predicted molar refractivity (Wildman–Crippen MR) is 31.9 cm³/mol. The molecule has 0 aliphatic heterocycles. The Bertz CT molecular complexity index is 87.7. The molecule has 0 aliphatic carbocycles. The molecule has 0 atom stereocenters. The van der Waals surface area contributed by atoms with Crippen LogP contribution in [0.25, 0.3) is 0 Å². The Morgan fingerprint density at radius 3 is 1.70 bits per heavy atom. The maximum Gasteiger partial charge on any atom is 0.119 e. The molecule has 0 spiro atoms. The number of carbonyl (C=O) groups excluding carboxylic acids is 2. The third-order valence-corrected chi connectivity index (χ3v) is 0.262. The van der Waals surface area contributed by atoms with Crippen molar-refractivity contribution in [2.24, 2.45) is 0 Å². The van der Waals surface area contributed by atoms with Crippen LogP contribution < -0.4 is 0 Å². The van der Waals surface area contributed by atoms with Gasteiger partial charge in [0.1, 0.15) is 5.94 Å². The fourth-order valence-electron chi connectivity index (χ4n) is 0. The SMILES string of the molecule is CC=C=O.CC[C-]=O.[Y].[Y]. The number of allylic oxidation sites excluding steroid dienone is 1. The van der Waals surface area contributed by atoms with Crippen LogP contribution in [0.1, 0.15) is 20.3 Å². The van der Waals surface area contributed by atoms with Gasteiger partial charge >= 0.3 is 0 Å². The standard InChI is InChI=1S/C3H5O.C3H4O.2Y/c2*1-2-3-4;;/h2H2,1H3;2H,1H3;;/q-1;;;. The van der Waals surface area contributed by atoms with Gasteiger partial charge in [0, 0.05) is 65.4 Å². The molecule has 0 saturated heterocycles. The molecule has 0 aromatic heterocycles. The second-order valence-electron chi connectivity index (χ2n) is 0.904. The van der Waals surface area contributed by atoms with E-state index in [1.807, 2.05) is 0 Å². The van der Waals surface area contributed by atoms with Crippen LogP contribution in [0.2, 0.25) is 0 Å². The van der Waals surface area contributed by atoms with Crippen molar-refractivity contribution in [2.75, 3.05) is 0 Å². The Labute approximate surface area is 112 Å². The van der Waals surface area contributed by atoms with E-state index >= 15 is 0 Å².